The van der Waals surface area contributed by atoms with Crippen molar-refractivity contribution in [1.29, 1.82) is 0 Å². The first kappa shape index (κ1) is 11.5. The first-order valence-corrected chi connectivity index (χ1v) is 5.80. The van der Waals surface area contributed by atoms with Crippen molar-refractivity contribution in [2.24, 2.45) is 0 Å². The second kappa shape index (κ2) is 5.39. The van der Waals surface area contributed by atoms with Crippen LogP contribution in [0.25, 0.3) is 0 Å². The second-order valence-corrected chi connectivity index (χ2v) is 4.12. The molecular formula is C15H16NO+. The molecule has 0 saturated carbocycles. The summed E-state index contributed by atoms with van der Waals surface area (Å²) in [4.78, 5) is 11.3. The zero-order valence-electron chi connectivity index (χ0n) is 9.97. The molecule has 0 aliphatic rings. The lowest BCUT2D eigenvalue weighted by Gasteiger charge is -1.99. The lowest BCUT2D eigenvalue weighted by Crippen LogP contribution is -2.34. The van der Waals surface area contributed by atoms with Gasteiger partial charge < -0.3 is 0 Å². The van der Waals surface area contributed by atoms with E-state index >= 15 is 0 Å². The van der Waals surface area contributed by atoms with Crippen molar-refractivity contribution >= 4 is 5.78 Å². The minimum atomic E-state index is 0.110. The summed E-state index contributed by atoms with van der Waals surface area (Å²) in [5.74, 6) is 0.110. The highest BCUT2D eigenvalue weighted by Crippen LogP contribution is 2.00. The quantitative estimate of drug-likeness (QED) is 0.579. The minimum absolute atomic E-state index is 0.110. The van der Waals surface area contributed by atoms with Crippen LogP contribution in [0.3, 0.4) is 0 Å². The molecule has 1 aromatic heterocycles. The molecule has 86 valence electrons. The summed E-state index contributed by atoms with van der Waals surface area (Å²) in [6.45, 7) is 2.49. The van der Waals surface area contributed by atoms with E-state index in [2.05, 4.69) is 16.7 Å². The number of rotatable bonds is 4. The number of pyridine rings is 1. The molecule has 0 aliphatic heterocycles. The number of aromatic nitrogens is 1. The molecule has 0 bridgehead atoms. The largest absolute Gasteiger partial charge is 0.294 e. The maximum Gasteiger partial charge on any atom is 0.179 e. The number of carbonyl (C=O) groups excluding carboxylic acids is 1. The van der Waals surface area contributed by atoms with E-state index in [9.17, 15) is 4.79 Å². The molecular weight excluding hydrogens is 210 g/mol. The van der Waals surface area contributed by atoms with Crippen LogP contribution in [0.2, 0.25) is 0 Å². The number of nitrogens with zero attached hydrogens (tertiary/aromatic N) is 1. The van der Waals surface area contributed by atoms with Gasteiger partial charge in [0.2, 0.25) is 0 Å². The van der Waals surface area contributed by atoms with Crippen molar-refractivity contribution in [3.63, 3.8) is 0 Å². The molecule has 0 N–H and O–H groups in total. The summed E-state index contributed by atoms with van der Waals surface area (Å²) >= 11 is 0. The third-order valence-electron chi connectivity index (χ3n) is 2.77. The van der Waals surface area contributed by atoms with Crippen LogP contribution >= 0.6 is 0 Å². The van der Waals surface area contributed by atoms with E-state index in [1.165, 1.54) is 5.56 Å². The van der Waals surface area contributed by atoms with Gasteiger partial charge in [0.1, 0.15) is 0 Å². The summed E-state index contributed by atoms with van der Waals surface area (Å²) in [7, 11) is 0. The first-order valence-electron chi connectivity index (χ1n) is 5.80. The van der Waals surface area contributed by atoms with Crippen LogP contribution < -0.4 is 4.57 Å². The van der Waals surface area contributed by atoms with Crippen molar-refractivity contribution in [2.45, 2.75) is 19.9 Å². The fourth-order valence-corrected chi connectivity index (χ4v) is 1.77. The van der Waals surface area contributed by atoms with Crippen LogP contribution in [-0.4, -0.2) is 5.78 Å². The van der Waals surface area contributed by atoms with Crippen LogP contribution in [-0.2, 0) is 13.0 Å². The fourth-order valence-electron chi connectivity index (χ4n) is 1.77. The van der Waals surface area contributed by atoms with Gasteiger partial charge in [-0.05, 0) is 18.6 Å². The Morgan fingerprint density at radius 3 is 2.59 bits per heavy atom. The van der Waals surface area contributed by atoms with Gasteiger partial charge in [-0.3, -0.25) is 4.79 Å². The molecule has 1 heterocycles. The van der Waals surface area contributed by atoms with E-state index in [1.807, 2.05) is 42.7 Å². The third kappa shape index (κ3) is 3.25. The normalized spacial score (nSPS) is 10.2. The van der Waals surface area contributed by atoms with Gasteiger partial charge in [0.15, 0.2) is 24.7 Å². The lowest BCUT2D eigenvalue weighted by atomic mass is 10.1. The van der Waals surface area contributed by atoms with Gasteiger partial charge in [-0.15, -0.1) is 0 Å². The zero-order chi connectivity index (χ0) is 12.1. The summed E-state index contributed by atoms with van der Waals surface area (Å²) in [6, 6.07) is 14.1. The molecule has 17 heavy (non-hydrogen) atoms. The number of benzene rings is 1. The van der Waals surface area contributed by atoms with Crippen LogP contribution in [0.5, 0.6) is 0 Å². The summed E-state index contributed by atoms with van der Waals surface area (Å²) in [6.07, 6.45) is 4.88. The van der Waals surface area contributed by atoms with Crippen molar-refractivity contribution < 1.29 is 9.36 Å². The number of Topliss-reactive ketones (excluding diaryl/α,β-unsaturated/α-hetero) is 1. The van der Waals surface area contributed by atoms with Crippen LogP contribution in [0, 0.1) is 0 Å². The molecule has 1 aromatic carbocycles. The summed E-state index contributed by atoms with van der Waals surface area (Å²) in [5.41, 5.74) is 2.08. The summed E-state index contributed by atoms with van der Waals surface area (Å²) < 4.78 is 2.06. The van der Waals surface area contributed by atoms with Crippen LogP contribution in [0.4, 0.5) is 0 Å². The monoisotopic (exact) mass is 226 g/mol. The highest BCUT2D eigenvalue weighted by atomic mass is 16.1. The van der Waals surface area contributed by atoms with Gasteiger partial charge in [0, 0.05) is 12.5 Å². The van der Waals surface area contributed by atoms with Crippen molar-refractivity contribution in [3.8, 4) is 0 Å². The van der Waals surface area contributed by atoms with E-state index in [0.29, 0.717) is 0 Å². The van der Waals surface area contributed by atoms with Crippen molar-refractivity contribution in [1.82, 2.24) is 0 Å². The standard InChI is InChI=1S/C15H16NO/c1-13(17)15-8-5-10-16(12-15)11-9-14-6-3-2-4-7-14/h2-8,10,12H,9,11H2,1H3/q+1. The van der Waals surface area contributed by atoms with Gasteiger partial charge in [0.05, 0.1) is 5.56 Å². The lowest BCUT2D eigenvalue weighted by molar-refractivity contribution is -0.696. The highest BCUT2D eigenvalue weighted by molar-refractivity contribution is 5.93. The number of carbonyl (C=O) groups is 1. The van der Waals surface area contributed by atoms with Crippen molar-refractivity contribution in [3.05, 3.63) is 66.0 Å². The van der Waals surface area contributed by atoms with Gasteiger partial charge in [-0.2, -0.15) is 0 Å². The molecule has 2 heteroatoms. The predicted octanol–water partition coefficient (Wildman–Crippen LogP) is 2.42. The molecule has 0 radical (unpaired) electrons. The van der Waals surface area contributed by atoms with E-state index in [4.69, 9.17) is 0 Å². The number of aryl methyl sites for hydroxylation is 2. The Labute approximate surface area is 102 Å². The molecule has 0 spiro atoms. The van der Waals surface area contributed by atoms with E-state index < -0.39 is 0 Å². The maximum atomic E-state index is 11.3. The van der Waals surface area contributed by atoms with E-state index in [1.54, 1.807) is 6.92 Å². The van der Waals surface area contributed by atoms with Gasteiger partial charge >= 0.3 is 0 Å². The zero-order valence-corrected chi connectivity index (χ0v) is 9.97. The molecule has 2 rings (SSSR count). The number of hydrogen-bond donors (Lipinski definition) is 0. The van der Waals surface area contributed by atoms with Gasteiger partial charge in [-0.25, -0.2) is 4.57 Å². The Hall–Kier alpha value is -1.96. The predicted molar refractivity (Wildman–Crippen MR) is 66.8 cm³/mol. The topological polar surface area (TPSA) is 20.9 Å². The van der Waals surface area contributed by atoms with Crippen LogP contribution in [0.1, 0.15) is 22.8 Å². The van der Waals surface area contributed by atoms with Crippen LogP contribution in [0.15, 0.2) is 54.9 Å². The van der Waals surface area contributed by atoms with E-state index in [-0.39, 0.29) is 5.78 Å². The molecule has 0 aliphatic carbocycles. The molecule has 0 amide bonds. The Morgan fingerprint density at radius 1 is 1.12 bits per heavy atom. The van der Waals surface area contributed by atoms with Crippen molar-refractivity contribution in [2.75, 3.05) is 0 Å². The number of ketones is 1. The second-order valence-electron chi connectivity index (χ2n) is 4.12. The molecule has 0 atom stereocenters. The average molecular weight is 226 g/mol. The first-order chi connectivity index (χ1) is 8.25. The molecule has 0 unspecified atom stereocenters. The fraction of sp³-hybridized carbons (Fsp3) is 0.200. The molecule has 0 saturated heterocycles. The summed E-state index contributed by atoms with van der Waals surface area (Å²) in [5, 5.41) is 0. The van der Waals surface area contributed by atoms with E-state index in [0.717, 1.165) is 18.5 Å². The minimum Gasteiger partial charge on any atom is -0.294 e. The Kier molecular flexibility index (Phi) is 3.66. The molecule has 2 aromatic rings. The maximum absolute atomic E-state index is 11.3. The average Bonchev–Trinajstić information content (AvgIpc) is 2.38. The number of hydrogen-bond acceptors (Lipinski definition) is 1. The van der Waals surface area contributed by atoms with Gasteiger partial charge in [0.25, 0.3) is 0 Å². The Bertz CT molecular complexity index is 505. The third-order valence-corrected chi connectivity index (χ3v) is 2.77. The molecule has 0 fully saturated rings. The highest BCUT2D eigenvalue weighted by Gasteiger charge is 2.06. The van der Waals surface area contributed by atoms with Gasteiger partial charge in [-0.1, -0.05) is 30.3 Å². The molecule has 2 nitrogen and oxygen atoms in total. The Morgan fingerprint density at radius 2 is 1.88 bits per heavy atom. The SMILES string of the molecule is CC(=O)c1ccc[n+](CCc2ccccc2)c1. The Balaban J connectivity index is 2.04. The smallest absolute Gasteiger partial charge is 0.179 e.